The molecule has 2 aromatic carbocycles. The molecule has 9 heteroatoms. The minimum absolute atomic E-state index is 0.0115. The van der Waals surface area contributed by atoms with Crippen molar-refractivity contribution in [1.29, 1.82) is 0 Å². The molecular formula is C19H17N3O5S. The van der Waals surface area contributed by atoms with Gasteiger partial charge in [-0.3, -0.25) is 24.5 Å². The van der Waals surface area contributed by atoms with Gasteiger partial charge in [-0.15, -0.1) is 11.8 Å². The second-order valence-electron chi connectivity index (χ2n) is 6.26. The van der Waals surface area contributed by atoms with Gasteiger partial charge in [0.15, 0.2) is 0 Å². The van der Waals surface area contributed by atoms with Gasteiger partial charge in [0, 0.05) is 24.2 Å². The molecular weight excluding hydrogens is 382 g/mol. The van der Waals surface area contributed by atoms with E-state index in [9.17, 15) is 24.5 Å². The molecule has 3 rings (SSSR count). The lowest BCUT2D eigenvalue weighted by Crippen LogP contribution is -2.31. The first kappa shape index (κ1) is 19.6. The lowest BCUT2D eigenvalue weighted by Gasteiger charge is -2.15. The molecule has 1 saturated heterocycles. The van der Waals surface area contributed by atoms with Crippen LogP contribution in [0.2, 0.25) is 0 Å². The second kappa shape index (κ2) is 8.22. The third-order valence-corrected chi connectivity index (χ3v) is 5.37. The maximum atomic E-state index is 12.6. The predicted octanol–water partition coefficient (Wildman–Crippen LogP) is 2.91. The number of non-ortho nitro benzene ring substituents is 1. The van der Waals surface area contributed by atoms with Crippen LogP contribution < -0.4 is 10.2 Å². The Hall–Kier alpha value is -3.20. The van der Waals surface area contributed by atoms with E-state index in [-0.39, 0.29) is 35.6 Å². The average Bonchev–Trinajstić information content (AvgIpc) is 2.95. The Morgan fingerprint density at radius 2 is 1.82 bits per heavy atom. The van der Waals surface area contributed by atoms with E-state index in [2.05, 4.69) is 5.32 Å². The Kier molecular flexibility index (Phi) is 5.74. The largest absolute Gasteiger partial charge is 0.325 e. The Bertz CT molecular complexity index is 928. The molecule has 1 fully saturated rings. The molecule has 0 spiro atoms. The minimum Gasteiger partial charge on any atom is -0.325 e. The number of carbonyl (C=O) groups excluding carboxylic acids is 3. The number of hydrogen-bond donors (Lipinski definition) is 1. The van der Waals surface area contributed by atoms with Crippen molar-refractivity contribution in [1.82, 2.24) is 0 Å². The van der Waals surface area contributed by atoms with Gasteiger partial charge in [0.25, 0.3) is 5.69 Å². The molecule has 1 aliphatic rings. The zero-order valence-electron chi connectivity index (χ0n) is 15.0. The van der Waals surface area contributed by atoms with Crippen LogP contribution in [0.1, 0.15) is 12.0 Å². The Morgan fingerprint density at radius 1 is 1.18 bits per heavy atom. The molecule has 8 nitrogen and oxygen atoms in total. The van der Waals surface area contributed by atoms with Crippen LogP contribution in [-0.4, -0.2) is 33.6 Å². The number of rotatable bonds is 6. The quantitative estimate of drug-likeness (QED) is 0.454. The number of anilines is 2. The van der Waals surface area contributed by atoms with Crippen LogP contribution in [-0.2, 0) is 14.4 Å². The molecule has 28 heavy (non-hydrogen) atoms. The molecule has 1 heterocycles. The van der Waals surface area contributed by atoms with Gasteiger partial charge in [0.2, 0.25) is 17.7 Å². The Labute approximate surface area is 165 Å². The number of nitrogens with one attached hydrogen (secondary N) is 1. The van der Waals surface area contributed by atoms with Gasteiger partial charge in [0.1, 0.15) is 0 Å². The molecule has 0 aromatic heterocycles. The Balaban J connectivity index is 1.56. The summed E-state index contributed by atoms with van der Waals surface area (Å²) in [5.74, 6) is -0.986. The van der Waals surface area contributed by atoms with E-state index < -0.39 is 10.2 Å². The van der Waals surface area contributed by atoms with Crippen molar-refractivity contribution in [3.8, 4) is 0 Å². The number of nitrogens with zero attached hydrogens (tertiary/aromatic N) is 2. The van der Waals surface area contributed by atoms with Crippen molar-refractivity contribution in [2.75, 3.05) is 16.0 Å². The van der Waals surface area contributed by atoms with Gasteiger partial charge >= 0.3 is 0 Å². The van der Waals surface area contributed by atoms with Crippen molar-refractivity contribution in [2.45, 2.75) is 18.6 Å². The van der Waals surface area contributed by atoms with Gasteiger partial charge in [-0.2, -0.15) is 0 Å². The first-order valence-electron chi connectivity index (χ1n) is 8.44. The monoisotopic (exact) mass is 399 g/mol. The van der Waals surface area contributed by atoms with E-state index in [1.54, 1.807) is 12.1 Å². The highest BCUT2D eigenvalue weighted by Gasteiger charge is 2.40. The van der Waals surface area contributed by atoms with Crippen molar-refractivity contribution < 1.29 is 19.3 Å². The van der Waals surface area contributed by atoms with Crippen LogP contribution in [0.15, 0.2) is 48.5 Å². The van der Waals surface area contributed by atoms with Crippen molar-refractivity contribution in [3.05, 3.63) is 64.2 Å². The van der Waals surface area contributed by atoms with E-state index in [0.29, 0.717) is 11.4 Å². The smallest absolute Gasteiger partial charge is 0.269 e. The maximum Gasteiger partial charge on any atom is 0.269 e. The van der Waals surface area contributed by atoms with Crippen molar-refractivity contribution in [3.63, 3.8) is 0 Å². The zero-order valence-corrected chi connectivity index (χ0v) is 15.8. The number of aryl methyl sites for hydroxylation is 1. The average molecular weight is 399 g/mol. The molecule has 3 amide bonds. The molecule has 1 atom stereocenters. The van der Waals surface area contributed by atoms with Crippen LogP contribution in [0, 0.1) is 17.0 Å². The van der Waals surface area contributed by atoms with E-state index in [4.69, 9.17) is 0 Å². The summed E-state index contributed by atoms with van der Waals surface area (Å²) in [6.45, 7) is 1.92. The number of thioether (sulfide) groups is 1. The molecule has 0 bridgehead atoms. The summed E-state index contributed by atoms with van der Waals surface area (Å²) in [6.07, 6.45) is 0.0438. The standard InChI is InChI=1S/C19H17N3O5S/c1-12-2-6-14(7-3-12)21-18(24)10-16(19(21)25)28-11-17(23)20-13-4-8-15(9-5-13)22(26)27/h2-9,16H,10-11H2,1H3,(H,20,23). The summed E-state index contributed by atoms with van der Waals surface area (Å²) in [6, 6.07) is 12.6. The topological polar surface area (TPSA) is 110 Å². The van der Waals surface area contributed by atoms with Gasteiger partial charge in [-0.1, -0.05) is 17.7 Å². The lowest BCUT2D eigenvalue weighted by atomic mass is 10.2. The summed E-state index contributed by atoms with van der Waals surface area (Å²) in [5.41, 5.74) is 1.90. The normalized spacial score (nSPS) is 16.3. The third kappa shape index (κ3) is 4.37. The van der Waals surface area contributed by atoms with Gasteiger partial charge in [0.05, 0.1) is 21.6 Å². The first-order chi connectivity index (χ1) is 13.3. The van der Waals surface area contributed by atoms with Crippen LogP contribution >= 0.6 is 11.8 Å². The molecule has 1 unspecified atom stereocenters. The third-order valence-electron chi connectivity index (χ3n) is 4.17. The number of nitro benzene ring substituents is 1. The lowest BCUT2D eigenvalue weighted by molar-refractivity contribution is -0.384. The predicted molar refractivity (Wildman–Crippen MR) is 106 cm³/mol. The highest BCUT2D eigenvalue weighted by molar-refractivity contribution is 8.01. The van der Waals surface area contributed by atoms with Gasteiger partial charge in [-0.05, 0) is 31.2 Å². The molecule has 144 valence electrons. The fourth-order valence-corrected chi connectivity index (χ4v) is 3.67. The van der Waals surface area contributed by atoms with E-state index in [0.717, 1.165) is 22.2 Å². The number of amides is 3. The van der Waals surface area contributed by atoms with Crippen molar-refractivity contribution in [2.24, 2.45) is 0 Å². The number of carbonyl (C=O) groups is 3. The van der Waals surface area contributed by atoms with E-state index in [1.165, 1.54) is 24.3 Å². The van der Waals surface area contributed by atoms with Crippen LogP contribution in [0.5, 0.6) is 0 Å². The minimum atomic E-state index is -0.614. The van der Waals surface area contributed by atoms with Gasteiger partial charge in [-0.25, -0.2) is 4.90 Å². The van der Waals surface area contributed by atoms with Crippen LogP contribution in [0.25, 0.3) is 0 Å². The zero-order chi connectivity index (χ0) is 20.3. The van der Waals surface area contributed by atoms with E-state index >= 15 is 0 Å². The summed E-state index contributed by atoms with van der Waals surface area (Å²) >= 11 is 1.10. The van der Waals surface area contributed by atoms with E-state index in [1.807, 2.05) is 19.1 Å². The fraction of sp³-hybridized carbons (Fsp3) is 0.211. The molecule has 2 aromatic rings. The summed E-state index contributed by atoms with van der Waals surface area (Å²) in [7, 11) is 0. The van der Waals surface area contributed by atoms with Gasteiger partial charge < -0.3 is 5.32 Å². The number of imide groups is 1. The van der Waals surface area contributed by atoms with Crippen LogP contribution in [0.3, 0.4) is 0 Å². The maximum absolute atomic E-state index is 12.6. The molecule has 0 saturated carbocycles. The number of benzene rings is 2. The van der Waals surface area contributed by atoms with Crippen LogP contribution in [0.4, 0.5) is 17.1 Å². The summed E-state index contributed by atoms with van der Waals surface area (Å²) < 4.78 is 0. The number of hydrogen-bond acceptors (Lipinski definition) is 6. The highest BCUT2D eigenvalue weighted by atomic mass is 32.2. The number of nitro groups is 1. The molecule has 0 aliphatic carbocycles. The van der Waals surface area contributed by atoms with Crippen molar-refractivity contribution >= 4 is 46.5 Å². The summed E-state index contributed by atoms with van der Waals surface area (Å²) in [4.78, 5) is 48.2. The Morgan fingerprint density at radius 3 is 2.43 bits per heavy atom. The fourth-order valence-electron chi connectivity index (χ4n) is 2.74. The molecule has 1 N–H and O–H groups in total. The summed E-state index contributed by atoms with van der Waals surface area (Å²) in [5, 5.41) is 12.6. The second-order valence-corrected chi connectivity index (χ2v) is 7.45. The highest BCUT2D eigenvalue weighted by Crippen LogP contribution is 2.30. The molecule has 1 aliphatic heterocycles. The molecule has 0 radical (unpaired) electrons. The SMILES string of the molecule is Cc1ccc(N2C(=O)CC(SCC(=O)Nc3ccc([N+](=O)[O-])cc3)C2=O)cc1. The first-order valence-corrected chi connectivity index (χ1v) is 9.49.